The summed E-state index contributed by atoms with van der Waals surface area (Å²) in [5, 5.41) is 0. The van der Waals surface area contributed by atoms with Gasteiger partial charge in [0.1, 0.15) is 17.3 Å². The van der Waals surface area contributed by atoms with E-state index in [0.717, 1.165) is 0 Å². The Balaban J connectivity index is 2.86. The molecule has 12 heteroatoms. The fraction of sp³-hybridized carbons (Fsp3) is 0.167. The van der Waals surface area contributed by atoms with E-state index in [1.165, 1.54) is 4.98 Å². The molecule has 0 aliphatic heterocycles. The molecule has 0 amide bonds. The van der Waals surface area contributed by atoms with Crippen molar-refractivity contribution in [2.24, 2.45) is 0 Å². The number of aromatic amines is 1. The molecule has 0 unspecified atom stereocenters. The molecule has 1 N–H and O–H groups in total. The molecule has 24 heavy (non-hydrogen) atoms. The minimum Gasteiger partial charge on any atom is -0.274 e. The van der Waals surface area contributed by atoms with Gasteiger partial charge in [-0.25, -0.2) is 13.6 Å². The number of hydrogen-bond acceptors (Lipinski definition) is 2. The van der Waals surface area contributed by atoms with Crippen molar-refractivity contribution in [3.05, 3.63) is 61.9 Å². The molecule has 0 aliphatic rings. The zero-order chi connectivity index (χ0) is 18.4. The van der Waals surface area contributed by atoms with Crippen molar-refractivity contribution in [2.45, 2.75) is 12.4 Å². The first-order valence-corrected chi connectivity index (χ1v) is 5.82. The maximum absolute atomic E-state index is 13.8. The fourth-order valence-corrected chi connectivity index (χ4v) is 1.87. The second-order valence-electron chi connectivity index (χ2n) is 4.44. The van der Waals surface area contributed by atoms with Gasteiger partial charge in [-0.1, -0.05) is 0 Å². The minimum absolute atomic E-state index is 0.115. The van der Waals surface area contributed by atoms with Crippen LogP contribution in [0.3, 0.4) is 0 Å². The normalized spacial score (nSPS) is 12.5. The van der Waals surface area contributed by atoms with Crippen molar-refractivity contribution in [1.29, 1.82) is 0 Å². The van der Waals surface area contributed by atoms with E-state index < -0.39 is 56.7 Å². The van der Waals surface area contributed by atoms with Crippen molar-refractivity contribution in [1.82, 2.24) is 9.55 Å². The van der Waals surface area contributed by atoms with E-state index in [9.17, 15) is 44.7 Å². The monoisotopic (exact) mass is 360 g/mol. The lowest BCUT2D eigenvalue weighted by atomic mass is 10.1. The molecule has 0 aliphatic carbocycles. The number of nitrogens with one attached hydrogen (secondary N) is 1. The third-order valence-corrected chi connectivity index (χ3v) is 2.82. The standard InChI is InChI=1S/C12H4F8N2O2/c13-5-2-7(6(14)1-4(5)11(15,16)17)22-8(12(18,19)20)3-9(23)21-10(22)24/h1-3H,(H,21,23,24). The van der Waals surface area contributed by atoms with Crippen LogP contribution in [0, 0.1) is 11.6 Å². The summed E-state index contributed by atoms with van der Waals surface area (Å²) < 4.78 is 103. The van der Waals surface area contributed by atoms with Crippen LogP contribution in [0.5, 0.6) is 0 Å². The lowest BCUT2D eigenvalue weighted by Gasteiger charge is -2.16. The second kappa shape index (κ2) is 5.46. The van der Waals surface area contributed by atoms with E-state index in [1.54, 1.807) is 0 Å². The molecule has 2 rings (SSSR count). The highest BCUT2D eigenvalue weighted by Gasteiger charge is 2.38. The molecule has 0 saturated heterocycles. The maximum atomic E-state index is 13.8. The molecule has 0 spiro atoms. The molecular weight excluding hydrogens is 356 g/mol. The van der Waals surface area contributed by atoms with Crippen molar-refractivity contribution in [3.8, 4) is 5.69 Å². The average molecular weight is 360 g/mol. The van der Waals surface area contributed by atoms with Gasteiger partial charge in [-0.05, 0) is 6.07 Å². The van der Waals surface area contributed by atoms with Crippen molar-refractivity contribution < 1.29 is 35.1 Å². The van der Waals surface area contributed by atoms with Gasteiger partial charge in [-0.15, -0.1) is 0 Å². The van der Waals surface area contributed by atoms with Crippen LogP contribution in [-0.2, 0) is 12.4 Å². The first-order chi connectivity index (χ1) is 10.8. The first kappa shape index (κ1) is 17.7. The Kier molecular flexibility index (Phi) is 4.02. The number of benzene rings is 1. The van der Waals surface area contributed by atoms with E-state index in [2.05, 4.69) is 0 Å². The number of rotatable bonds is 1. The third kappa shape index (κ3) is 3.16. The molecule has 2 aromatic rings. The molecule has 130 valence electrons. The van der Waals surface area contributed by atoms with Gasteiger partial charge in [0.25, 0.3) is 5.56 Å². The molecule has 0 saturated carbocycles. The first-order valence-electron chi connectivity index (χ1n) is 5.82. The van der Waals surface area contributed by atoms with Gasteiger partial charge in [0, 0.05) is 12.1 Å². The van der Waals surface area contributed by atoms with Crippen LogP contribution in [0.4, 0.5) is 35.1 Å². The van der Waals surface area contributed by atoms with E-state index in [4.69, 9.17) is 0 Å². The number of aromatic nitrogens is 2. The summed E-state index contributed by atoms with van der Waals surface area (Å²) in [6.07, 6.45) is -10.6. The quantitative estimate of drug-likeness (QED) is 0.796. The van der Waals surface area contributed by atoms with E-state index in [-0.39, 0.29) is 18.2 Å². The van der Waals surface area contributed by atoms with Crippen molar-refractivity contribution >= 4 is 0 Å². The van der Waals surface area contributed by atoms with Crippen LogP contribution in [0.2, 0.25) is 0 Å². The van der Waals surface area contributed by atoms with Gasteiger partial charge < -0.3 is 0 Å². The van der Waals surface area contributed by atoms with Gasteiger partial charge in [0.15, 0.2) is 0 Å². The Hall–Kier alpha value is -2.66. The Morgan fingerprint density at radius 3 is 1.92 bits per heavy atom. The Bertz CT molecular complexity index is 907. The van der Waals surface area contributed by atoms with Crippen LogP contribution >= 0.6 is 0 Å². The molecule has 4 nitrogen and oxygen atoms in total. The summed E-state index contributed by atoms with van der Waals surface area (Å²) in [5.74, 6) is -4.03. The summed E-state index contributed by atoms with van der Waals surface area (Å²) in [5.41, 5.74) is -8.75. The van der Waals surface area contributed by atoms with Crippen LogP contribution in [-0.4, -0.2) is 9.55 Å². The number of alkyl halides is 6. The molecule has 0 bridgehead atoms. The van der Waals surface area contributed by atoms with Gasteiger partial charge >= 0.3 is 18.0 Å². The van der Waals surface area contributed by atoms with Gasteiger partial charge in [-0.3, -0.25) is 14.3 Å². The van der Waals surface area contributed by atoms with Crippen molar-refractivity contribution in [3.63, 3.8) is 0 Å². The summed E-state index contributed by atoms with van der Waals surface area (Å²) >= 11 is 0. The molecule has 1 aromatic carbocycles. The molecule has 1 heterocycles. The summed E-state index contributed by atoms with van der Waals surface area (Å²) in [4.78, 5) is 23.9. The predicted molar refractivity (Wildman–Crippen MR) is 62.6 cm³/mol. The van der Waals surface area contributed by atoms with Crippen molar-refractivity contribution in [2.75, 3.05) is 0 Å². The van der Waals surface area contributed by atoms with Crippen LogP contribution < -0.4 is 11.2 Å². The van der Waals surface area contributed by atoms with E-state index in [1.807, 2.05) is 0 Å². The summed E-state index contributed by atoms with van der Waals surface area (Å²) in [6.45, 7) is 0. The zero-order valence-corrected chi connectivity index (χ0v) is 11.0. The Labute approximate surface area is 126 Å². The van der Waals surface area contributed by atoms with Gasteiger partial charge in [0.2, 0.25) is 0 Å². The van der Waals surface area contributed by atoms with E-state index in [0.29, 0.717) is 0 Å². The number of H-pyrrole nitrogens is 1. The largest absolute Gasteiger partial charge is 0.432 e. The molecule has 1 aromatic heterocycles. The summed E-state index contributed by atoms with van der Waals surface area (Å²) in [6, 6.07) is -0.716. The predicted octanol–water partition coefficient (Wildman–Crippen LogP) is 2.84. The SMILES string of the molecule is O=c1cc(C(F)(F)F)n(-c2cc(F)c(C(F)(F)F)cc2F)c(=O)[nH]1. The highest BCUT2D eigenvalue weighted by atomic mass is 19.4. The second-order valence-corrected chi connectivity index (χ2v) is 4.44. The van der Waals surface area contributed by atoms with E-state index >= 15 is 0 Å². The number of nitrogens with zero attached hydrogens (tertiary/aromatic N) is 1. The average Bonchev–Trinajstić information content (AvgIpc) is 2.38. The molecule has 0 fully saturated rings. The van der Waals surface area contributed by atoms with Gasteiger partial charge in [0.05, 0.1) is 11.3 Å². The zero-order valence-electron chi connectivity index (χ0n) is 11.0. The maximum Gasteiger partial charge on any atom is 0.432 e. The van der Waals surface area contributed by atoms with Crippen LogP contribution in [0.25, 0.3) is 5.69 Å². The lowest BCUT2D eigenvalue weighted by Crippen LogP contribution is -2.34. The Morgan fingerprint density at radius 1 is 0.833 bits per heavy atom. The molecular formula is C12H4F8N2O2. The summed E-state index contributed by atoms with van der Waals surface area (Å²) in [7, 11) is 0. The van der Waals surface area contributed by atoms with Gasteiger partial charge in [-0.2, -0.15) is 26.3 Å². The highest BCUT2D eigenvalue weighted by molar-refractivity contribution is 5.40. The third-order valence-electron chi connectivity index (χ3n) is 2.82. The number of halogens is 8. The molecule has 0 radical (unpaired) electrons. The topological polar surface area (TPSA) is 54.9 Å². The lowest BCUT2D eigenvalue weighted by molar-refractivity contribution is -0.143. The highest BCUT2D eigenvalue weighted by Crippen LogP contribution is 2.34. The Morgan fingerprint density at radius 2 is 1.42 bits per heavy atom. The number of hydrogen-bond donors (Lipinski definition) is 1. The van der Waals surface area contributed by atoms with Crippen LogP contribution in [0.15, 0.2) is 27.8 Å². The minimum atomic E-state index is -5.33. The molecule has 0 atom stereocenters. The van der Waals surface area contributed by atoms with Crippen LogP contribution in [0.1, 0.15) is 11.3 Å². The fourth-order valence-electron chi connectivity index (χ4n) is 1.87. The smallest absolute Gasteiger partial charge is 0.274 e.